The van der Waals surface area contributed by atoms with Crippen LogP contribution in [-0.4, -0.2) is 54.9 Å². The average Bonchev–Trinajstić information content (AvgIpc) is 3.32. The van der Waals surface area contributed by atoms with Gasteiger partial charge in [-0.3, -0.25) is 9.69 Å². The predicted octanol–water partition coefficient (Wildman–Crippen LogP) is 2.09. The summed E-state index contributed by atoms with van der Waals surface area (Å²) in [5.41, 5.74) is 1.13. The molecule has 144 valence electrons. The van der Waals surface area contributed by atoms with Crippen molar-refractivity contribution in [3.63, 3.8) is 0 Å². The summed E-state index contributed by atoms with van der Waals surface area (Å²) in [6, 6.07) is 9.70. The zero-order valence-corrected chi connectivity index (χ0v) is 15.5. The van der Waals surface area contributed by atoms with Gasteiger partial charge in [-0.1, -0.05) is 23.4 Å². The largest absolute Gasteiger partial charge is 0.496 e. The van der Waals surface area contributed by atoms with Crippen molar-refractivity contribution in [1.82, 2.24) is 15.4 Å². The molecule has 7 nitrogen and oxygen atoms in total. The van der Waals surface area contributed by atoms with E-state index in [0.717, 1.165) is 44.8 Å². The Labute approximate surface area is 158 Å². The molecule has 1 spiro atoms. The van der Waals surface area contributed by atoms with Crippen molar-refractivity contribution in [2.24, 2.45) is 5.92 Å². The molecule has 27 heavy (non-hydrogen) atoms. The number of aromatic nitrogens is 1. The SMILES string of the molecule is COc1ccccc1CN1CC2(C1)OCC[C@@H]2CCNC(=O)c1ccno1. The highest BCUT2D eigenvalue weighted by Gasteiger charge is 2.52. The van der Waals surface area contributed by atoms with Gasteiger partial charge in [0.25, 0.3) is 5.91 Å². The number of methoxy groups -OCH3 is 1. The van der Waals surface area contributed by atoms with Crippen LogP contribution in [0.5, 0.6) is 5.75 Å². The second-order valence-corrected chi connectivity index (χ2v) is 7.28. The number of carbonyl (C=O) groups is 1. The number of hydrogen-bond acceptors (Lipinski definition) is 6. The lowest BCUT2D eigenvalue weighted by Gasteiger charge is -2.50. The van der Waals surface area contributed by atoms with Gasteiger partial charge in [0.1, 0.15) is 5.75 Å². The minimum absolute atomic E-state index is 0.0705. The fourth-order valence-electron chi connectivity index (χ4n) is 4.22. The van der Waals surface area contributed by atoms with Gasteiger partial charge in [-0.25, -0.2) is 0 Å². The molecular weight excluding hydrogens is 346 g/mol. The van der Waals surface area contributed by atoms with Crippen molar-refractivity contribution in [2.75, 3.05) is 33.4 Å². The van der Waals surface area contributed by atoms with Crippen LogP contribution in [0, 0.1) is 5.92 Å². The monoisotopic (exact) mass is 371 g/mol. The Balaban J connectivity index is 1.27. The molecule has 1 amide bonds. The highest BCUT2D eigenvalue weighted by molar-refractivity contribution is 5.91. The molecule has 2 aromatic rings. The first-order valence-corrected chi connectivity index (χ1v) is 9.37. The summed E-state index contributed by atoms with van der Waals surface area (Å²) in [7, 11) is 1.71. The summed E-state index contributed by atoms with van der Waals surface area (Å²) in [5, 5.41) is 6.46. The Kier molecular flexibility index (Phi) is 5.13. The number of para-hydroxylation sites is 1. The van der Waals surface area contributed by atoms with Crippen LogP contribution in [0.25, 0.3) is 0 Å². The number of ether oxygens (including phenoxy) is 2. The van der Waals surface area contributed by atoms with E-state index in [9.17, 15) is 4.79 Å². The quantitative estimate of drug-likeness (QED) is 0.803. The van der Waals surface area contributed by atoms with E-state index in [0.29, 0.717) is 12.5 Å². The van der Waals surface area contributed by atoms with E-state index in [4.69, 9.17) is 14.0 Å². The average molecular weight is 371 g/mol. The smallest absolute Gasteiger partial charge is 0.289 e. The minimum atomic E-state index is -0.216. The molecule has 0 radical (unpaired) electrons. The molecule has 2 aliphatic heterocycles. The third kappa shape index (κ3) is 3.70. The molecule has 2 fully saturated rings. The Morgan fingerprint density at radius 1 is 1.37 bits per heavy atom. The maximum Gasteiger partial charge on any atom is 0.289 e. The lowest BCUT2D eigenvalue weighted by Crippen LogP contribution is -2.64. The second kappa shape index (κ2) is 7.70. The Hall–Kier alpha value is -2.38. The molecule has 0 bridgehead atoms. The molecule has 1 aromatic carbocycles. The van der Waals surface area contributed by atoms with E-state index in [-0.39, 0.29) is 17.3 Å². The molecule has 1 atom stereocenters. The summed E-state index contributed by atoms with van der Waals surface area (Å²) in [6.45, 7) is 4.12. The molecule has 4 rings (SSSR count). The number of nitrogens with one attached hydrogen (secondary N) is 1. The maximum absolute atomic E-state index is 11.9. The Morgan fingerprint density at radius 3 is 3.00 bits per heavy atom. The van der Waals surface area contributed by atoms with E-state index < -0.39 is 0 Å². The molecule has 2 aliphatic rings. The molecule has 0 saturated carbocycles. The Bertz CT molecular complexity index is 771. The van der Waals surface area contributed by atoms with Crippen LogP contribution in [0.2, 0.25) is 0 Å². The van der Waals surface area contributed by atoms with Crippen molar-refractivity contribution in [3.8, 4) is 5.75 Å². The van der Waals surface area contributed by atoms with E-state index in [1.807, 2.05) is 18.2 Å². The molecule has 0 unspecified atom stereocenters. The predicted molar refractivity (Wildman–Crippen MR) is 98.5 cm³/mol. The molecule has 3 heterocycles. The van der Waals surface area contributed by atoms with Crippen molar-refractivity contribution in [1.29, 1.82) is 0 Å². The number of rotatable bonds is 7. The number of likely N-dealkylation sites (tertiary alicyclic amines) is 1. The molecule has 7 heteroatoms. The Morgan fingerprint density at radius 2 is 2.22 bits per heavy atom. The first kappa shape index (κ1) is 18.0. The highest BCUT2D eigenvalue weighted by atomic mass is 16.5. The highest BCUT2D eigenvalue weighted by Crippen LogP contribution is 2.42. The van der Waals surface area contributed by atoms with Crippen molar-refractivity contribution in [2.45, 2.75) is 25.0 Å². The van der Waals surface area contributed by atoms with E-state index >= 15 is 0 Å². The molecule has 1 aromatic heterocycles. The summed E-state index contributed by atoms with van der Waals surface area (Å²) >= 11 is 0. The fraction of sp³-hybridized carbons (Fsp3) is 0.500. The second-order valence-electron chi connectivity index (χ2n) is 7.28. The number of benzene rings is 1. The molecule has 2 saturated heterocycles. The molecular formula is C20H25N3O4. The van der Waals surface area contributed by atoms with Crippen LogP contribution in [0.1, 0.15) is 29.0 Å². The van der Waals surface area contributed by atoms with Crippen LogP contribution in [-0.2, 0) is 11.3 Å². The zero-order valence-electron chi connectivity index (χ0n) is 15.5. The van der Waals surface area contributed by atoms with Crippen LogP contribution >= 0.6 is 0 Å². The van der Waals surface area contributed by atoms with Gasteiger partial charge in [0.05, 0.1) is 18.9 Å². The third-order valence-electron chi connectivity index (χ3n) is 5.61. The van der Waals surface area contributed by atoms with Gasteiger partial charge in [-0.15, -0.1) is 0 Å². The topological polar surface area (TPSA) is 76.8 Å². The molecule has 0 aliphatic carbocycles. The van der Waals surface area contributed by atoms with Gasteiger partial charge in [-0.05, 0) is 24.8 Å². The maximum atomic E-state index is 11.9. The summed E-state index contributed by atoms with van der Waals surface area (Å²) in [6.07, 6.45) is 3.42. The van der Waals surface area contributed by atoms with Crippen molar-refractivity contribution < 1.29 is 18.8 Å². The van der Waals surface area contributed by atoms with Gasteiger partial charge in [0.2, 0.25) is 5.76 Å². The summed E-state index contributed by atoms with van der Waals surface area (Å²) in [5.74, 6) is 1.42. The molecule has 1 N–H and O–H groups in total. The van der Waals surface area contributed by atoms with Gasteiger partial charge < -0.3 is 19.3 Å². The lowest BCUT2D eigenvalue weighted by atomic mass is 9.78. The van der Waals surface area contributed by atoms with Gasteiger partial charge >= 0.3 is 0 Å². The van der Waals surface area contributed by atoms with Gasteiger partial charge in [0, 0.05) is 44.4 Å². The third-order valence-corrected chi connectivity index (χ3v) is 5.61. The van der Waals surface area contributed by atoms with Crippen LogP contribution in [0.15, 0.2) is 41.1 Å². The van der Waals surface area contributed by atoms with E-state index in [1.165, 1.54) is 11.8 Å². The zero-order chi connectivity index (χ0) is 18.7. The van der Waals surface area contributed by atoms with Crippen LogP contribution in [0.3, 0.4) is 0 Å². The summed E-state index contributed by atoms with van der Waals surface area (Å²) in [4.78, 5) is 14.3. The number of amides is 1. The number of nitrogens with zero attached hydrogens (tertiary/aromatic N) is 2. The van der Waals surface area contributed by atoms with Crippen molar-refractivity contribution in [3.05, 3.63) is 47.9 Å². The van der Waals surface area contributed by atoms with Crippen LogP contribution < -0.4 is 10.1 Å². The summed E-state index contributed by atoms with van der Waals surface area (Å²) < 4.78 is 16.5. The van der Waals surface area contributed by atoms with Crippen LogP contribution in [0.4, 0.5) is 0 Å². The van der Waals surface area contributed by atoms with Crippen molar-refractivity contribution >= 4 is 5.91 Å². The number of hydrogen-bond donors (Lipinski definition) is 1. The van der Waals surface area contributed by atoms with E-state index in [1.54, 1.807) is 13.2 Å². The fourth-order valence-corrected chi connectivity index (χ4v) is 4.22. The van der Waals surface area contributed by atoms with Gasteiger partial charge in [-0.2, -0.15) is 0 Å². The van der Waals surface area contributed by atoms with Gasteiger partial charge in [0.15, 0.2) is 0 Å². The standard InChI is InChI=1S/C20H25N3O4/c1-25-17-5-3-2-4-15(17)12-23-13-20(14-23)16(8-11-26-20)6-9-21-19(24)18-7-10-22-27-18/h2-5,7,10,16H,6,8-9,11-14H2,1H3,(H,21,24)/t16-/m0/s1. The first-order chi connectivity index (χ1) is 13.2. The minimum Gasteiger partial charge on any atom is -0.496 e. The van der Waals surface area contributed by atoms with E-state index in [2.05, 4.69) is 21.4 Å². The lowest BCUT2D eigenvalue weighted by molar-refractivity contribution is -0.136. The number of carbonyl (C=O) groups excluding carboxylic acids is 1. The normalized spacial score (nSPS) is 21.1. The first-order valence-electron chi connectivity index (χ1n) is 9.37.